The summed E-state index contributed by atoms with van der Waals surface area (Å²) in [5.74, 6) is 2.39. The second-order valence-corrected chi connectivity index (χ2v) is 8.05. The minimum atomic E-state index is 0.0296. The Kier molecular flexibility index (Phi) is 3.76. The summed E-state index contributed by atoms with van der Waals surface area (Å²) in [4.78, 5) is 24.2. The Labute approximate surface area is 139 Å². The number of hydrogen-bond donors (Lipinski definition) is 1. The maximum absolute atomic E-state index is 12.4. The highest BCUT2D eigenvalue weighted by atomic mass is 32.1. The molecule has 2 aliphatic carbocycles. The summed E-state index contributed by atoms with van der Waals surface area (Å²) in [6.07, 6.45) is 7.08. The smallest absolute Gasteiger partial charge is 0.240 e. The van der Waals surface area contributed by atoms with Gasteiger partial charge in [0.1, 0.15) is 6.54 Å². The minimum Gasteiger partial charge on any atom is -0.352 e. The van der Waals surface area contributed by atoms with E-state index in [0.717, 1.165) is 22.1 Å². The van der Waals surface area contributed by atoms with Gasteiger partial charge in [-0.3, -0.25) is 9.59 Å². The van der Waals surface area contributed by atoms with E-state index >= 15 is 0 Å². The monoisotopic (exact) mass is 330 g/mol. The van der Waals surface area contributed by atoms with Crippen LogP contribution >= 0.6 is 11.3 Å². The highest BCUT2D eigenvalue weighted by Gasteiger charge is 2.42. The van der Waals surface area contributed by atoms with E-state index in [1.54, 1.807) is 12.3 Å². The summed E-state index contributed by atoms with van der Waals surface area (Å²) in [6.45, 7) is 2.42. The molecule has 1 N–H and O–H groups in total. The van der Waals surface area contributed by atoms with Crippen molar-refractivity contribution in [3.05, 3.63) is 33.9 Å². The van der Waals surface area contributed by atoms with E-state index in [9.17, 15) is 9.59 Å². The first-order valence-corrected chi connectivity index (χ1v) is 9.36. The molecule has 2 fully saturated rings. The Morgan fingerprint density at radius 1 is 1.39 bits per heavy atom. The van der Waals surface area contributed by atoms with Crippen molar-refractivity contribution < 1.29 is 4.79 Å². The van der Waals surface area contributed by atoms with Crippen molar-refractivity contribution in [1.82, 2.24) is 9.88 Å². The summed E-state index contributed by atoms with van der Waals surface area (Å²) in [6, 6.07) is 3.70. The lowest BCUT2D eigenvalue weighted by atomic mass is 9.84. The molecule has 0 aromatic carbocycles. The normalized spacial score (nSPS) is 27.4. The van der Waals surface area contributed by atoms with Gasteiger partial charge in [-0.1, -0.05) is 6.42 Å². The van der Waals surface area contributed by atoms with Crippen LogP contribution in [0.25, 0.3) is 10.2 Å². The second-order valence-electron chi connectivity index (χ2n) is 7.14. The topological polar surface area (TPSA) is 51.1 Å². The molecular weight excluding hydrogens is 308 g/mol. The number of aromatic nitrogens is 1. The molecule has 2 aliphatic rings. The molecule has 2 saturated carbocycles. The van der Waals surface area contributed by atoms with Gasteiger partial charge in [0.25, 0.3) is 0 Å². The number of nitrogens with one attached hydrogen (secondary N) is 1. The first-order chi connectivity index (χ1) is 11.1. The van der Waals surface area contributed by atoms with Crippen molar-refractivity contribution in [3.63, 3.8) is 0 Å². The van der Waals surface area contributed by atoms with Crippen molar-refractivity contribution in [1.29, 1.82) is 0 Å². The lowest BCUT2D eigenvalue weighted by Crippen LogP contribution is -2.41. The largest absolute Gasteiger partial charge is 0.352 e. The second kappa shape index (κ2) is 5.78. The van der Waals surface area contributed by atoms with E-state index in [2.05, 4.69) is 12.2 Å². The van der Waals surface area contributed by atoms with E-state index in [1.165, 1.54) is 37.0 Å². The molecule has 4 atom stereocenters. The predicted molar refractivity (Wildman–Crippen MR) is 92.6 cm³/mol. The summed E-state index contributed by atoms with van der Waals surface area (Å²) >= 11 is 1.43. The van der Waals surface area contributed by atoms with Crippen LogP contribution in [0.15, 0.2) is 28.5 Å². The van der Waals surface area contributed by atoms with Crippen LogP contribution in [0.5, 0.6) is 0 Å². The standard InChI is InChI=1S/C18H22N2O2S/c1-11(14-9-12-2-3-13(14)8-12)19-17(22)10-20-6-4-16(21)18-15(20)5-7-23-18/h4-7,11-14H,2-3,8-10H2,1H3,(H,19,22). The Balaban J connectivity index is 1.44. The van der Waals surface area contributed by atoms with Crippen LogP contribution in [0.3, 0.4) is 0 Å². The van der Waals surface area contributed by atoms with Crippen molar-refractivity contribution in [2.24, 2.45) is 17.8 Å². The SMILES string of the molecule is CC(NC(=O)Cn1ccc(=O)c2sccc21)C1CC2CCC1C2. The van der Waals surface area contributed by atoms with Crippen LogP contribution in [0.2, 0.25) is 0 Å². The molecule has 23 heavy (non-hydrogen) atoms. The van der Waals surface area contributed by atoms with Gasteiger partial charge in [-0.2, -0.15) is 0 Å². The van der Waals surface area contributed by atoms with E-state index in [4.69, 9.17) is 0 Å². The molecule has 122 valence electrons. The van der Waals surface area contributed by atoms with Crippen molar-refractivity contribution >= 4 is 27.5 Å². The Hall–Kier alpha value is -1.62. The zero-order valence-corrected chi connectivity index (χ0v) is 14.1. The average Bonchev–Trinajstić information content (AvgIpc) is 3.25. The summed E-state index contributed by atoms with van der Waals surface area (Å²) in [7, 11) is 0. The van der Waals surface area contributed by atoms with Crippen LogP contribution in [-0.4, -0.2) is 16.5 Å². The van der Waals surface area contributed by atoms with Crippen LogP contribution < -0.4 is 10.7 Å². The maximum Gasteiger partial charge on any atom is 0.240 e. The lowest BCUT2D eigenvalue weighted by molar-refractivity contribution is -0.122. The summed E-state index contributed by atoms with van der Waals surface area (Å²) < 4.78 is 2.59. The molecule has 0 spiro atoms. The van der Waals surface area contributed by atoms with Gasteiger partial charge in [0, 0.05) is 18.3 Å². The predicted octanol–water partition coefficient (Wildman–Crippen LogP) is 3.00. The van der Waals surface area contributed by atoms with Crippen LogP contribution in [-0.2, 0) is 11.3 Å². The molecule has 0 saturated heterocycles. The molecule has 0 aliphatic heterocycles. The highest BCUT2D eigenvalue weighted by molar-refractivity contribution is 7.17. The molecule has 4 rings (SSSR count). The number of thiophene rings is 1. The molecule has 5 heteroatoms. The lowest BCUT2D eigenvalue weighted by Gasteiger charge is -2.28. The third kappa shape index (κ3) is 2.71. The Bertz CT molecular complexity index is 794. The van der Waals surface area contributed by atoms with Gasteiger partial charge in [-0.25, -0.2) is 0 Å². The van der Waals surface area contributed by atoms with E-state index in [1.807, 2.05) is 16.0 Å². The molecule has 2 bridgehead atoms. The first-order valence-electron chi connectivity index (χ1n) is 8.48. The van der Waals surface area contributed by atoms with Crippen molar-refractivity contribution in [3.8, 4) is 0 Å². The summed E-state index contributed by atoms with van der Waals surface area (Å²) in [5, 5.41) is 5.09. The fraction of sp³-hybridized carbons (Fsp3) is 0.556. The number of pyridine rings is 1. The average molecular weight is 330 g/mol. The van der Waals surface area contributed by atoms with Gasteiger partial charge >= 0.3 is 0 Å². The van der Waals surface area contributed by atoms with E-state index in [0.29, 0.717) is 5.92 Å². The van der Waals surface area contributed by atoms with Crippen LogP contribution in [0.1, 0.15) is 32.6 Å². The zero-order valence-electron chi connectivity index (χ0n) is 13.3. The molecule has 0 radical (unpaired) electrons. The number of carbonyl (C=O) groups excluding carboxylic acids is 1. The molecule has 2 aromatic rings. The third-order valence-corrected chi connectivity index (χ3v) is 6.64. The highest BCUT2D eigenvalue weighted by Crippen LogP contribution is 2.49. The molecule has 2 aromatic heterocycles. The fourth-order valence-corrected chi connectivity index (χ4v) is 5.46. The van der Waals surface area contributed by atoms with E-state index in [-0.39, 0.29) is 23.9 Å². The number of fused-ring (bicyclic) bond motifs is 3. The quantitative estimate of drug-likeness (QED) is 0.937. The molecule has 2 heterocycles. The number of hydrogen-bond acceptors (Lipinski definition) is 3. The molecular formula is C18H22N2O2S. The van der Waals surface area contributed by atoms with Crippen molar-refractivity contribution in [2.45, 2.75) is 45.2 Å². The fourth-order valence-electron chi connectivity index (χ4n) is 4.63. The van der Waals surface area contributed by atoms with Gasteiger partial charge in [0.05, 0.1) is 10.2 Å². The molecule has 4 nitrogen and oxygen atoms in total. The first kappa shape index (κ1) is 14.9. The number of carbonyl (C=O) groups is 1. The van der Waals surface area contributed by atoms with Crippen molar-refractivity contribution in [2.75, 3.05) is 0 Å². The minimum absolute atomic E-state index is 0.0296. The molecule has 4 unspecified atom stereocenters. The van der Waals surface area contributed by atoms with Gasteiger partial charge in [-0.05, 0) is 55.4 Å². The van der Waals surface area contributed by atoms with E-state index < -0.39 is 0 Å². The number of nitrogens with zero attached hydrogens (tertiary/aromatic N) is 1. The van der Waals surface area contributed by atoms with Gasteiger partial charge in [0.2, 0.25) is 5.91 Å². The Morgan fingerprint density at radius 2 is 2.26 bits per heavy atom. The Morgan fingerprint density at radius 3 is 3.00 bits per heavy atom. The number of rotatable bonds is 4. The van der Waals surface area contributed by atoms with Gasteiger partial charge < -0.3 is 9.88 Å². The summed E-state index contributed by atoms with van der Waals surface area (Å²) in [5.41, 5.74) is 0.882. The van der Waals surface area contributed by atoms with Crippen LogP contribution in [0, 0.1) is 17.8 Å². The van der Waals surface area contributed by atoms with Gasteiger partial charge in [-0.15, -0.1) is 11.3 Å². The third-order valence-electron chi connectivity index (χ3n) is 5.72. The van der Waals surface area contributed by atoms with Crippen LogP contribution in [0.4, 0.5) is 0 Å². The maximum atomic E-state index is 12.4. The zero-order chi connectivity index (χ0) is 16.0. The van der Waals surface area contributed by atoms with Gasteiger partial charge in [0.15, 0.2) is 5.43 Å². The number of amides is 1. The molecule has 1 amide bonds.